The first kappa shape index (κ1) is 10.6. The highest BCUT2D eigenvalue weighted by atomic mass is 32.1. The Morgan fingerprint density at radius 1 is 1.73 bits per heavy atom. The van der Waals surface area contributed by atoms with Gasteiger partial charge < -0.3 is 10.6 Å². The molecule has 1 unspecified atom stereocenters. The van der Waals surface area contributed by atoms with E-state index < -0.39 is 0 Å². The van der Waals surface area contributed by atoms with E-state index in [1.165, 1.54) is 5.56 Å². The van der Waals surface area contributed by atoms with E-state index in [9.17, 15) is 4.79 Å². The summed E-state index contributed by atoms with van der Waals surface area (Å²) in [5.74, 6) is 0.708. The Bertz CT molecular complexity index is 319. The maximum Gasteiger partial charge on any atom is 0.220 e. The quantitative estimate of drug-likeness (QED) is 0.814. The van der Waals surface area contributed by atoms with Crippen molar-refractivity contribution in [3.63, 3.8) is 0 Å². The Balaban J connectivity index is 1.78. The molecule has 2 rings (SSSR count). The summed E-state index contributed by atoms with van der Waals surface area (Å²) in [6.07, 6.45) is 0.654. The van der Waals surface area contributed by atoms with Gasteiger partial charge in [0.1, 0.15) is 0 Å². The molecule has 1 aromatic rings. The zero-order valence-corrected chi connectivity index (χ0v) is 9.64. The summed E-state index contributed by atoms with van der Waals surface area (Å²) in [7, 11) is 0. The van der Waals surface area contributed by atoms with Crippen LogP contribution in [0.5, 0.6) is 0 Å². The van der Waals surface area contributed by atoms with Gasteiger partial charge in [0.25, 0.3) is 0 Å². The minimum atomic E-state index is 0.136. The monoisotopic (exact) mass is 224 g/mol. The lowest BCUT2D eigenvalue weighted by Crippen LogP contribution is -2.44. The van der Waals surface area contributed by atoms with Crippen molar-refractivity contribution in [1.29, 1.82) is 0 Å². The van der Waals surface area contributed by atoms with Gasteiger partial charge in [0.05, 0.1) is 6.04 Å². The van der Waals surface area contributed by atoms with Gasteiger partial charge in [-0.1, -0.05) is 0 Å². The minimum absolute atomic E-state index is 0.136. The van der Waals surface area contributed by atoms with E-state index in [2.05, 4.69) is 22.1 Å². The molecule has 1 saturated heterocycles. The van der Waals surface area contributed by atoms with E-state index >= 15 is 0 Å². The summed E-state index contributed by atoms with van der Waals surface area (Å²) in [6, 6.07) is 2.19. The van der Waals surface area contributed by atoms with Crippen LogP contribution in [0.15, 0.2) is 16.8 Å². The van der Waals surface area contributed by atoms with Crippen molar-refractivity contribution in [1.82, 2.24) is 10.6 Å². The van der Waals surface area contributed by atoms with Crippen molar-refractivity contribution in [3.05, 3.63) is 22.4 Å². The van der Waals surface area contributed by atoms with Crippen LogP contribution in [0.4, 0.5) is 0 Å². The zero-order chi connectivity index (χ0) is 10.7. The van der Waals surface area contributed by atoms with Crippen LogP contribution in [-0.4, -0.2) is 19.0 Å². The normalized spacial score (nSPS) is 18.2. The number of rotatable bonds is 4. The fourth-order valence-electron chi connectivity index (χ4n) is 1.66. The van der Waals surface area contributed by atoms with E-state index in [0.717, 1.165) is 13.1 Å². The molecule has 2 N–H and O–H groups in total. The minimum Gasteiger partial charge on any atom is -0.350 e. The molecular formula is C11H16N2OS. The maximum absolute atomic E-state index is 11.6. The number of nitrogens with one attached hydrogen (secondary N) is 2. The summed E-state index contributed by atoms with van der Waals surface area (Å²) >= 11 is 1.66. The fourth-order valence-corrected chi connectivity index (χ4v) is 2.41. The molecule has 0 bridgehead atoms. The Kier molecular flexibility index (Phi) is 3.38. The standard InChI is InChI=1S/C11H16N2OS/c1-8(10-2-3-15-7-10)13-11(14)4-9-5-12-6-9/h2-3,7-9,12H,4-6H2,1H3,(H,13,14). The van der Waals surface area contributed by atoms with Crippen molar-refractivity contribution >= 4 is 17.2 Å². The molecule has 3 nitrogen and oxygen atoms in total. The maximum atomic E-state index is 11.6. The molecular weight excluding hydrogens is 208 g/mol. The predicted octanol–water partition coefficient (Wildman–Crippen LogP) is 1.53. The Labute approximate surface area is 93.9 Å². The van der Waals surface area contributed by atoms with Gasteiger partial charge in [-0.05, 0) is 48.3 Å². The second-order valence-corrected chi connectivity index (χ2v) is 4.85. The van der Waals surface area contributed by atoms with Crippen molar-refractivity contribution in [3.8, 4) is 0 Å². The summed E-state index contributed by atoms with van der Waals surface area (Å²) in [6.45, 7) is 4.00. The van der Waals surface area contributed by atoms with Crippen LogP contribution >= 0.6 is 11.3 Å². The lowest BCUT2D eigenvalue weighted by molar-refractivity contribution is -0.123. The highest BCUT2D eigenvalue weighted by Gasteiger charge is 2.20. The number of hydrogen-bond acceptors (Lipinski definition) is 3. The van der Waals surface area contributed by atoms with Crippen LogP contribution in [0.2, 0.25) is 0 Å². The van der Waals surface area contributed by atoms with Crippen LogP contribution in [0.1, 0.15) is 24.9 Å². The fraction of sp³-hybridized carbons (Fsp3) is 0.545. The van der Waals surface area contributed by atoms with Gasteiger partial charge in [-0.2, -0.15) is 11.3 Å². The van der Waals surface area contributed by atoms with Crippen molar-refractivity contribution in [2.45, 2.75) is 19.4 Å². The van der Waals surface area contributed by atoms with E-state index in [1.54, 1.807) is 11.3 Å². The Hall–Kier alpha value is -0.870. The molecule has 15 heavy (non-hydrogen) atoms. The van der Waals surface area contributed by atoms with Crippen LogP contribution < -0.4 is 10.6 Å². The molecule has 2 heterocycles. The van der Waals surface area contributed by atoms with Crippen LogP contribution in [-0.2, 0) is 4.79 Å². The van der Waals surface area contributed by atoms with E-state index in [0.29, 0.717) is 12.3 Å². The second kappa shape index (κ2) is 4.77. The first-order valence-corrected chi connectivity index (χ1v) is 6.22. The summed E-state index contributed by atoms with van der Waals surface area (Å²) in [4.78, 5) is 11.6. The Morgan fingerprint density at radius 2 is 2.53 bits per heavy atom. The highest BCUT2D eigenvalue weighted by molar-refractivity contribution is 7.07. The predicted molar refractivity (Wildman–Crippen MR) is 61.9 cm³/mol. The second-order valence-electron chi connectivity index (χ2n) is 4.07. The molecule has 1 fully saturated rings. The van der Waals surface area contributed by atoms with Gasteiger partial charge in [0.2, 0.25) is 5.91 Å². The molecule has 1 aliphatic heterocycles. The molecule has 82 valence electrons. The average Bonchev–Trinajstić information content (AvgIpc) is 2.64. The number of carbonyl (C=O) groups excluding carboxylic acids is 1. The summed E-state index contributed by atoms with van der Waals surface area (Å²) in [5.41, 5.74) is 1.19. The van der Waals surface area contributed by atoms with Crippen molar-refractivity contribution < 1.29 is 4.79 Å². The first-order valence-electron chi connectivity index (χ1n) is 5.28. The van der Waals surface area contributed by atoms with Crippen LogP contribution in [0, 0.1) is 5.92 Å². The molecule has 1 aromatic heterocycles. The summed E-state index contributed by atoms with van der Waals surface area (Å²) < 4.78 is 0. The third-order valence-corrected chi connectivity index (χ3v) is 3.46. The van der Waals surface area contributed by atoms with Crippen LogP contribution in [0.25, 0.3) is 0 Å². The van der Waals surface area contributed by atoms with E-state index in [4.69, 9.17) is 0 Å². The Morgan fingerprint density at radius 3 is 3.07 bits per heavy atom. The molecule has 1 amide bonds. The van der Waals surface area contributed by atoms with Crippen molar-refractivity contribution in [2.75, 3.05) is 13.1 Å². The lowest BCUT2D eigenvalue weighted by atomic mass is 9.99. The molecule has 0 radical (unpaired) electrons. The molecule has 0 aromatic carbocycles. The first-order chi connectivity index (χ1) is 7.25. The largest absolute Gasteiger partial charge is 0.350 e. The van der Waals surface area contributed by atoms with Gasteiger partial charge in [-0.3, -0.25) is 4.79 Å². The SMILES string of the molecule is CC(NC(=O)CC1CNC1)c1ccsc1. The van der Waals surface area contributed by atoms with E-state index in [1.807, 2.05) is 12.3 Å². The average molecular weight is 224 g/mol. The molecule has 1 aliphatic rings. The molecule has 4 heteroatoms. The molecule has 0 aliphatic carbocycles. The smallest absolute Gasteiger partial charge is 0.220 e. The zero-order valence-electron chi connectivity index (χ0n) is 8.82. The lowest BCUT2D eigenvalue weighted by Gasteiger charge is -2.26. The third-order valence-electron chi connectivity index (χ3n) is 2.76. The number of thiophene rings is 1. The third kappa shape index (κ3) is 2.79. The number of amides is 1. The number of hydrogen-bond donors (Lipinski definition) is 2. The van der Waals surface area contributed by atoms with Crippen LogP contribution in [0.3, 0.4) is 0 Å². The highest BCUT2D eigenvalue weighted by Crippen LogP contribution is 2.16. The molecule has 0 saturated carbocycles. The van der Waals surface area contributed by atoms with Gasteiger partial charge in [0, 0.05) is 6.42 Å². The summed E-state index contributed by atoms with van der Waals surface area (Å²) in [5, 5.41) is 10.3. The topological polar surface area (TPSA) is 41.1 Å². The molecule has 1 atom stereocenters. The van der Waals surface area contributed by atoms with Gasteiger partial charge in [-0.25, -0.2) is 0 Å². The van der Waals surface area contributed by atoms with Gasteiger partial charge in [-0.15, -0.1) is 0 Å². The van der Waals surface area contributed by atoms with Crippen molar-refractivity contribution in [2.24, 2.45) is 5.92 Å². The van der Waals surface area contributed by atoms with Gasteiger partial charge >= 0.3 is 0 Å². The van der Waals surface area contributed by atoms with E-state index in [-0.39, 0.29) is 11.9 Å². The molecule has 0 spiro atoms. The van der Waals surface area contributed by atoms with Gasteiger partial charge in [0.15, 0.2) is 0 Å². The number of carbonyl (C=O) groups is 1.